The molecule has 1 unspecified atom stereocenters. The molecule has 1 aliphatic rings. The molecule has 0 saturated carbocycles. The highest BCUT2D eigenvalue weighted by Crippen LogP contribution is 2.21. The molecule has 1 heterocycles. The molecular formula is C21H22ClFN2O3. The molecule has 1 fully saturated rings. The van der Waals surface area contributed by atoms with E-state index >= 15 is 0 Å². The Hall–Kier alpha value is -2.44. The number of benzene rings is 2. The van der Waals surface area contributed by atoms with Crippen molar-refractivity contribution in [3.63, 3.8) is 0 Å². The lowest BCUT2D eigenvalue weighted by molar-refractivity contribution is -0.141. The van der Waals surface area contributed by atoms with E-state index in [0.717, 1.165) is 25.7 Å². The van der Waals surface area contributed by atoms with Gasteiger partial charge in [0.05, 0.1) is 5.02 Å². The van der Waals surface area contributed by atoms with Gasteiger partial charge in [0.25, 0.3) is 5.91 Å². The lowest BCUT2D eigenvalue weighted by atomic mass is 10.2. The van der Waals surface area contributed by atoms with Gasteiger partial charge in [0.1, 0.15) is 11.4 Å². The van der Waals surface area contributed by atoms with Crippen LogP contribution >= 0.6 is 11.6 Å². The number of nitrogens with zero attached hydrogens (tertiary/aromatic N) is 2. The zero-order chi connectivity index (χ0) is 20.1. The minimum atomic E-state index is -1.01. The summed E-state index contributed by atoms with van der Waals surface area (Å²) in [5.74, 6) is -2.00. The topological polar surface area (TPSA) is 49.9 Å². The maximum absolute atomic E-state index is 13.8. The molecule has 28 heavy (non-hydrogen) atoms. The minimum Gasteiger partial charge on any atom is -0.449 e. The standard InChI is InChI=1S/C21H22ClFN2O3/c1-15(28-21(27)19-17(22)8-5-9-18(19)23)20(26)25-12-10-24(11-13-25)14-16-6-3-2-4-7-16/h2-9,15H,10-14H2,1H3. The summed E-state index contributed by atoms with van der Waals surface area (Å²) in [6.07, 6.45) is -1.01. The molecule has 1 saturated heterocycles. The Labute approximate surface area is 168 Å². The molecule has 0 N–H and O–H groups in total. The van der Waals surface area contributed by atoms with Crippen molar-refractivity contribution >= 4 is 23.5 Å². The summed E-state index contributed by atoms with van der Waals surface area (Å²) in [7, 11) is 0. The van der Waals surface area contributed by atoms with Crippen molar-refractivity contribution in [1.29, 1.82) is 0 Å². The molecule has 0 bridgehead atoms. The Balaban J connectivity index is 1.52. The summed E-state index contributed by atoms with van der Waals surface area (Å²) in [6.45, 7) is 4.90. The SMILES string of the molecule is CC(OC(=O)c1c(F)cccc1Cl)C(=O)N1CCN(Cc2ccccc2)CC1. The van der Waals surface area contributed by atoms with E-state index in [-0.39, 0.29) is 16.5 Å². The van der Waals surface area contributed by atoms with Crippen molar-refractivity contribution in [2.45, 2.75) is 19.6 Å². The molecule has 148 valence electrons. The fourth-order valence-corrected chi connectivity index (χ4v) is 3.43. The van der Waals surface area contributed by atoms with Crippen molar-refractivity contribution < 1.29 is 18.7 Å². The van der Waals surface area contributed by atoms with Crippen LogP contribution in [0.2, 0.25) is 5.02 Å². The number of esters is 1. The third kappa shape index (κ3) is 4.88. The zero-order valence-electron chi connectivity index (χ0n) is 15.6. The van der Waals surface area contributed by atoms with E-state index in [1.165, 1.54) is 24.6 Å². The van der Waals surface area contributed by atoms with E-state index in [2.05, 4.69) is 17.0 Å². The Morgan fingerprint density at radius 1 is 1.07 bits per heavy atom. The van der Waals surface area contributed by atoms with Crippen LogP contribution in [0.25, 0.3) is 0 Å². The Morgan fingerprint density at radius 3 is 2.39 bits per heavy atom. The van der Waals surface area contributed by atoms with E-state index in [1.807, 2.05) is 18.2 Å². The Kier molecular flexibility index (Phi) is 6.65. The first kappa shape index (κ1) is 20.3. The molecule has 0 radical (unpaired) electrons. The summed E-state index contributed by atoms with van der Waals surface area (Å²) < 4.78 is 19.0. The fourth-order valence-electron chi connectivity index (χ4n) is 3.19. The van der Waals surface area contributed by atoms with Gasteiger partial charge in [0.15, 0.2) is 6.10 Å². The average molecular weight is 405 g/mol. The van der Waals surface area contributed by atoms with Crippen LogP contribution in [0.3, 0.4) is 0 Å². The van der Waals surface area contributed by atoms with Crippen molar-refractivity contribution in [2.24, 2.45) is 0 Å². The maximum Gasteiger partial charge on any atom is 0.343 e. The minimum absolute atomic E-state index is 0.0424. The smallest absolute Gasteiger partial charge is 0.343 e. The van der Waals surface area contributed by atoms with Gasteiger partial charge < -0.3 is 9.64 Å². The van der Waals surface area contributed by atoms with Gasteiger partial charge in [-0.1, -0.05) is 48.0 Å². The molecule has 2 aromatic rings. The molecule has 5 nitrogen and oxygen atoms in total. The van der Waals surface area contributed by atoms with Gasteiger partial charge >= 0.3 is 5.97 Å². The van der Waals surface area contributed by atoms with Crippen LogP contribution in [0.1, 0.15) is 22.8 Å². The molecule has 7 heteroatoms. The van der Waals surface area contributed by atoms with E-state index in [1.54, 1.807) is 4.90 Å². The van der Waals surface area contributed by atoms with Crippen LogP contribution in [-0.4, -0.2) is 54.0 Å². The molecule has 0 spiro atoms. The largest absolute Gasteiger partial charge is 0.449 e. The molecule has 0 aromatic heterocycles. The van der Waals surface area contributed by atoms with Crippen molar-refractivity contribution in [3.05, 3.63) is 70.5 Å². The van der Waals surface area contributed by atoms with Gasteiger partial charge in [-0.3, -0.25) is 9.69 Å². The summed E-state index contributed by atoms with van der Waals surface area (Å²) in [6, 6.07) is 14.1. The highest BCUT2D eigenvalue weighted by Gasteiger charge is 2.28. The number of hydrogen-bond acceptors (Lipinski definition) is 4. The number of halogens is 2. The molecule has 1 aliphatic heterocycles. The van der Waals surface area contributed by atoms with E-state index in [0.29, 0.717) is 13.1 Å². The number of carbonyl (C=O) groups is 2. The Bertz CT molecular complexity index is 819. The first-order valence-electron chi connectivity index (χ1n) is 9.16. The van der Waals surface area contributed by atoms with Gasteiger partial charge in [-0.25, -0.2) is 9.18 Å². The molecular weight excluding hydrogens is 383 g/mol. The third-order valence-corrected chi connectivity index (χ3v) is 5.05. The molecule has 1 amide bonds. The molecule has 3 rings (SSSR count). The average Bonchev–Trinajstić information content (AvgIpc) is 2.68. The summed E-state index contributed by atoms with van der Waals surface area (Å²) >= 11 is 5.88. The summed E-state index contributed by atoms with van der Waals surface area (Å²) in [5.41, 5.74) is 0.878. The highest BCUT2D eigenvalue weighted by atomic mass is 35.5. The van der Waals surface area contributed by atoms with Gasteiger partial charge in [-0.2, -0.15) is 0 Å². The maximum atomic E-state index is 13.8. The number of piperazine rings is 1. The summed E-state index contributed by atoms with van der Waals surface area (Å²) in [4.78, 5) is 28.8. The van der Waals surface area contributed by atoms with Crippen LogP contribution < -0.4 is 0 Å². The lowest BCUT2D eigenvalue weighted by Gasteiger charge is -2.35. The second-order valence-corrected chi connectivity index (χ2v) is 7.14. The van der Waals surface area contributed by atoms with Crippen molar-refractivity contribution in [1.82, 2.24) is 9.80 Å². The van der Waals surface area contributed by atoms with Crippen LogP contribution in [0.15, 0.2) is 48.5 Å². The second kappa shape index (κ2) is 9.17. The fraction of sp³-hybridized carbons (Fsp3) is 0.333. The van der Waals surface area contributed by atoms with Crippen LogP contribution in [0.4, 0.5) is 4.39 Å². The number of ether oxygens (including phenoxy) is 1. The first-order chi connectivity index (χ1) is 13.5. The first-order valence-corrected chi connectivity index (χ1v) is 9.53. The van der Waals surface area contributed by atoms with Crippen LogP contribution in [0.5, 0.6) is 0 Å². The van der Waals surface area contributed by atoms with E-state index < -0.39 is 17.9 Å². The van der Waals surface area contributed by atoms with Crippen LogP contribution in [-0.2, 0) is 16.1 Å². The van der Waals surface area contributed by atoms with Gasteiger partial charge in [-0.05, 0) is 24.6 Å². The number of carbonyl (C=O) groups excluding carboxylic acids is 2. The predicted molar refractivity (Wildman–Crippen MR) is 105 cm³/mol. The van der Waals surface area contributed by atoms with Crippen molar-refractivity contribution in [2.75, 3.05) is 26.2 Å². The number of rotatable bonds is 5. The molecule has 2 aromatic carbocycles. The number of hydrogen-bond donors (Lipinski definition) is 0. The normalized spacial score (nSPS) is 15.9. The molecule has 0 aliphatic carbocycles. The van der Waals surface area contributed by atoms with Gasteiger partial charge in [-0.15, -0.1) is 0 Å². The number of amides is 1. The second-order valence-electron chi connectivity index (χ2n) is 6.73. The predicted octanol–water partition coefficient (Wildman–Crippen LogP) is 3.37. The molecule has 1 atom stereocenters. The van der Waals surface area contributed by atoms with Gasteiger partial charge in [0, 0.05) is 32.7 Å². The van der Waals surface area contributed by atoms with E-state index in [4.69, 9.17) is 16.3 Å². The summed E-state index contributed by atoms with van der Waals surface area (Å²) in [5, 5.41) is -0.0424. The third-order valence-electron chi connectivity index (χ3n) is 4.73. The zero-order valence-corrected chi connectivity index (χ0v) is 16.4. The Morgan fingerprint density at radius 2 is 1.75 bits per heavy atom. The monoisotopic (exact) mass is 404 g/mol. The lowest BCUT2D eigenvalue weighted by Crippen LogP contribution is -2.51. The van der Waals surface area contributed by atoms with Crippen LogP contribution in [0, 0.1) is 5.82 Å². The van der Waals surface area contributed by atoms with E-state index in [9.17, 15) is 14.0 Å². The van der Waals surface area contributed by atoms with Gasteiger partial charge in [0.2, 0.25) is 0 Å². The van der Waals surface area contributed by atoms with Crippen molar-refractivity contribution in [3.8, 4) is 0 Å². The highest BCUT2D eigenvalue weighted by molar-refractivity contribution is 6.33. The quantitative estimate of drug-likeness (QED) is 0.717.